The number of nitrogens with zero attached hydrogens (tertiary/aromatic N) is 3. The van der Waals surface area contributed by atoms with Gasteiger partial charge in [-0.25, -0.2) is 0 Å². The summed E-state index contributed by atoms with van der Waals surface area (Å²) in [7, 11) is 0. The first-order chi connectivity index (χ1) is 7.65. The van der Waals surface area contributed by atoms with E-state index in [1.807, 2.05) is 12.2 Å². The molecule has 16 heavy (non-hydrogen) atoms. The molecule has 0 saturated carbocycles. The zero-order valence-electron chi connectivity index (χ0n) is 7.99. The molecule has 0 amide bonds. The predicted octanol–water partition coefficient (Wildman–Crippen LogP) is 2.04. The van der Waals surface area contributed by atoms with Gasteiger partial charge in [0.15, 0.2) is 10.3 Å². The molecule has 0 saturated heterocycles. The molecular weight excluding hydrogens is 262 g/mol. The van der Waals surface area contributed by atoms with E-state index in [4.69, 9.17) is 17.0 Å². The van der Waals surface area contributed by atoms with Gasteiger partial charge in [-0.1, -0.05) is 24.4 Å². The fourth-order valence-electron chi connectivity index (χ4n) is 1.09. The lowest BCUT2D eigenvalue weighted by Crippen LogP contribution is -2.10. The molecule has 1 heterocycles. The van der Waals surface area contributed by atoms with Crippen molar-refractivity contribution in [2.75, 3.05) is 0 Å². The van der Waals surface area contributed by atoms with Crippen LogP contribution in [0.4, 0.5) is 0 Å². The third kappa shape index (κ3) is 2.81. The molecule has 0 spiro atoms. The number of allylic oxidation sites excluding steroid dienone is 4. The Morgan fingerprint density at radius 1 is 1.19 bits per heavy atom. The number of aromatic nitrogens is 3. The van der Waals surface area contributed by atoms with Gasteiger partial charge in [-0.05, 0) is 6.08 Å². The standard InChI is InChI=1S/C9H7N3OS3/c14-6-4-2-1-3-5(6)13-7-10-8(15)12-9(16)11-7/h1-3H,4H2,(H2,10,11,12,15,16). The van der Waals surface area contributed by atoms with Crippen LogP contribution in [0.3, 0.4) is 0 Å². The molecule has 0 fully saturated rings. The molecule has 0 N–H and O–H groups in total. The molecule has 0 atom stereocenters. The highest BCUT2D eigenvalue weighted by atomic mass is 32.1. The second kappa shape index (κ2) is 4.94. The molecule has 0 aliphatic heterocycles. The van der Waals surface area contributed by atoms with Gasteiger partial charge in [0.2, 0.25) is 0 Å². The van der Waals surface area contributed by atoms with Gasteiger partial charge in [-0.2, -0.15) is 15.0 Å². The maximum Gasteiger partial charge on any atom is 0.327 e. The second-order valence-electron chi connectivity index (χ2n) is 2.91. The Morgan fingerprint density at radius 3 is 2.50 bits per heavy atom. The molecule has 82 valence electrons. The number of ether oxygens (including phenoxy) is 1. The summed E-state index contributed by atoms with van der Waals surface area (Å²) in [4.78, 5) is 12.3. The summed E-state index contributed by atoms with van der Waals surface area (Å²) >= 11 is 13.2. The van der Waals surface area contributed by atoms with Crippen LogP contribution in [0.1, 0.15) is 6.42 Å². The van der Waals surface area contributed by atoms with Crippen molar-refractivity contribution >= 4 is 42.3 Å². The van der Waals surface area contributed by atoms with Crippen molar-refractivity contribution in [3.63, 3.8) is 0 Å². The molecule has 1 aliphatic carbocycles. The Morgan fingerprint density at radius 2 is 1.88 bits per heavy atom. The Bertz CT molecular complexity index is 479. The third-order valence-corrected chi connectivity index (χ3v) is 2.52. The minimum absolute atomic E-state index is 0.147. The van der Waals surface area contributed by atoms with Crippen molar-refractivity contribution in [1.82, 2.24) is 15.0 Å². The third-order valence-electron chi connectivity index (χ3n) is 1.75. The van der Waals surface area contributed by atoms with Crippen LogP contribution >= 0.6 is 37.5 Å². The minimum Gasteiger partial charge on any atom is -0.423 e. The monoisotopic (exact) mass is 269 g/mol. The number of hydrogen-bond donors (Lipinski definition) is 2. The molecular formula is C9H7N3OS3. The summed E-state index contributed by atoms with van der Waals surface area (Å²) in [5.74, 6) is 0.573. The minimum atomic E-state index is 0.147. The Kier molecular flexibility index (Phi) is 3.57. The average Bonchev–Trinajstić information content (AvgIpc) is 2.20. The van der Waals surface area contributed by atoms with Gasteiger partial charge in [0.1, 0.15) is 5.76 Å². The largest absolute Gasteiger partial charge is 0.423 e. The summed E-state index contributed by atoms with van der Waals surface area (Å²) in [5.41, 5.74) is 0. The molecule has 1 aliphatic rings. The second-order valence-corrected chi connectivity index (χ2v) is 4.20. The Hall–Kier alpha value is -0.920. The van der Waals surface area contributed by atoms with Gasteiger partial charge in [-0.15, -0.1) is 25.3 Å². The number of rotatable bonds is 2. The van der Waals surface area contributed by atoms with Gasteiger partial charge >= 0.3 is 6.01 Å². The highest BCUT2D eigenvalue weighted by Crippen LogP contribution is 2.16. The van der Waals surface area contributed by atoms with Crippen LogP contribution in [0.25, 0.3) is 0 Å². The number of thiol groups is 2. The maximum atomic E-state index is 5.44. The Labute approximate surface area is 109 Å². The van der Waals surface area contributed by atoms with Crippen LogP contribution in [-0.2, 0) is 0 Å². The summed E-state index contributed by atoms with van der Waals surface area (Å²) in [6.07, 6.45) is 6.28. The van der Waals surface area contributed by atoms with E-state index >= 15 is 0 Å². The van der Waals surface area contributed by atoms with E-state index in [0.717, 1.165) is 0 Å². The molecule has 1 aromatic heterocycles. The zero-order chi connectivity index (χ0) is 11.5. The molecule has 1 aromatic rings. The smallest absolute Gasteiger partial charge is 0.327 e. The van der Waals surface area contributed by atoms with Crippen LogP contribution in [0.15, 0.2) is 34.3 Å². The number of thiocarbonyl (C=S) groups is 1. The molecule has 4 nitrogen and oxygen atoms in total. The van der Waals surface area contributed by atoms with Crippen molar-refractivity contribution < 1.29 is 4.74 Å². The topological polar surface area (TPSA) is 47.9 Å². The fraction of sp³-hybridized carbons (Fsp3) is 0.111. The SMILES string of the molecule is S=C1CC=CC=C1Oc1nc(S)nc(S)n1. The quantitative estimate of drug-likeness (QED) is 0.635. The van der Waals surface area contributed by atoms with Crippen LogP contribution in [0.2, 0.25) is 0 Å². The van der Waals surface area contributed by atoms with E-state index in [-0.39, 0.29) is 16.3 Å². The van der Waals surface area contributed by atoms with E-state index < -0.39 is 0 Å². The van der Waals surface area contributed by atoms with Gasteiger partial charge in [0, 0.05) is 6.42 Å². The molecule has 7 heteroatoms. The van der Waals surface area contributed by atoms with Crippen molar-refractivity contribution in [1.29, 1.82) is 0 Å². The van der Waals surface area contributed by atoms with Crippen LogP contribution < -0.4 is 4.74 Å². The van der Waals surface area contributed by atoms with Gasteiger partial charge < -0.3 is 4.74 Å². The van der Waals surface area contributed by atoms with E-state index in [0.29, 0.717) is 17.0 Å². The lowest BCUT2D eigenvalue weighted by atomic mass is 10.2. The van der Waals surface area contributed by atoms with Gasteiger partial charge in [0.25, 0.3) is 0 Å². The van der Waals surface area contributed by atoms with E-state index in [2.05, 4.69) is 40.2 Å². The highest BCUT2D eigenvalue weighted by Gasteiger charge is 2.11. The zero-order valence-corrected chi connectivity index (χ0v) is 10.6. The van der Waals surface area contributed by atoms with Gasteiger partial charge in [0.05, 0.1) is 4.86 Å². The van der Waals surface area contributed by atoms with Gasteiger partial charge in [-0.3, -0.25) is 0 Å². The summed E-state index contributed by atoms with van der Waals surface area (Å²) in [6, 6.07) is 0.147. The highest BCUT2D eigenvalue weighted by molar-refractivity contribution is 7.81. The summed E-state index contributed by atoms with van der Waals surface area (Å²) in [5, 5.41) is 0.515. The fourth-order valence-corrected chi connectivity index (χ4v) is 1.74. The normalized spacial score (nSPS) is 14.9. The molecule has 0 unspecified atom stereocenters. The van der Waals surface area contributed by atoms with Crippen molar-refractivity contribution in [2.45, 2.75) is 16.7 Å². The molecule has 0 radical (unpaired) electrons. The van der Waals surface area contributed by atoms with Crippen LogP contribution in [0.5, 0.6) is 6.01 Å². The lowest BCUT2D eigenvalue weighted by molar-refractivity contribution is 0.400. The number of hydrogen-bond acceptors (Lipinski definition) is 7. The average molecular weight is 269 g/mol. The summed E-state index contributed by atoms with van der Waals surface area (Å²) in [6.45, 7) is 0. The first kappa shape index (κ1) is 11.6. The first-order valence-electron chi connectivity index (χ1n) is 4.37. The van der Waals surface area contributed by atoms with E-state index in [1.165, 1.54) is 0 Å². The maximum absolute atomic E-state index is 5.44. The lowest BCUT2D eigenvalue weighted by Gasteiger charge is -2.10. The molecule has 0 aromatic carbocycles. The van der Waals surface area contributed by atoms with E-state index in [1.54, 1.807) is 6.08 Å². The van der Waals surface area contributed by atoms with Crippen molar-refractivity contribution in [3.05, 3.63) is 24.0 Å². The first-order valence-corrected chi connectivity index (χ1v) is 5.67. The van der Waals surface area contributed by atoms with E-state index in [9.17, 15) is 0 Å². The van der Waals surface area contributed by atoms with Crippen LogP contribution in [-0.4, -0.2) is 19.8 Å². The van der Waals surface area contributed by atoms with Crippen molar-refractivity contribution in [2.24, 2.45) is 0 Å². The molecule has 2 rings (SSSR count). The van der Waals surface area contributed by atoms with Crippen molar-refractivity contribution in [3.8, 4) is 6.01 Å². The summed E-state index contributed by atoms with van der Waals surface area (Å²) < 4.78 is 5.44. The predicted molar refractivity (Wildman–Crippen MR) is 69.4 cm³/mol. The van der Waals surface area contributed by atoms with Crippen LogP contribution in [0, 0.1) is 0 Å². The Balaban J connectivity index is 2.23. The molecule has 0 bridgehead atoms.